The molecule has 0 saturated carbocycles. The lowest BCUT2D eigenvalue weighted by Gasteiger charge is -2.14. The molecule has 1 aliphatic rings. The van der Waals surface area contributed by atoms with Crippen LogP contribution >= 0.6 is 0 Å². The third-order valence-electron chi connectivity index (χ3n) is 3.78. The fourth-order valence-corrected chi connectivity index (χ4v) is 2.78. The first kappa shape index (κ1) is 12.9. The van der Waals surface area contributed by atoms with Gasteiger partial charge in [0.25, 0.3) is 0 Å². The summed E-state index contributed by atoms with van der Waals surface area (Å²) in [4.78, 5) is 11.9. The summed E-state index contributed by atoms with van der Waals surface area (Å²) in [5.41, 5.74) is 3.52. The van der Waals surface area contributed by atoms with Crippen molar-refractivity contribution in [3.8, 4) is 0 Å². The summed E-state index contributed by atoms with van der Waals surface area (Å²) < 4.78 is 0. The van der Waals surface area contributed by atoms with Crippen molar-refractivity contribution in [2.75, 3.05) is 11.9 Å². The minimum absolute atomic E-state index is 0.0722. The Bertz CT molecular complexity index is 657. The van der Waals surface area contributed by atoms with Gasteiger partial charge in [-0.1, -0.05) is 24.3 Å². The Kier molecular flexibility index (Phi) is 3.32. The molecule has 1 aliphatic carbocycles. The molecule has 0 aliphatic heterocycles. The zero-order valence-corrected chi connectivity index (χ0v) is 11.4. The minimum Gasteiger partial charge on any atom is -0.394 e. The Morgan fingerprint density at radius 3 is 2.75 bits per heavy atom. The van der Waals surface area contributed by atoms with Crippen LogP contribution in [0.4, 0.5) is 10.5 Å². The number of hydrogen-bond acceptors (Lipinski definition) is 2. The van der Waals surface area contributed by atoms with Crippen LogP contribution in [0.5, 0.6) is 0 Å². The van der Waals surface area contributed by atoms with Gasteiger partial charge in [0.15, 0.2) is 0 Å². The number of benzene rings is 2. The van der Waals surface area contributed by atoms with Crippen molar-refractivity contribution in [2.45, 2.75) is 25.8 Å². The topological polar surface area (TPSA) is 61.4 Å². The van der Waals surface area contributed by atoms with Crippen LogP contribution in [0.3, 0.4) is 0 Å². The van der Waals surface area contributed by atoms with Crippen LogP contribution < -0.4 is 10.6 Å². The van der Waals surface area contributed by atoms with Crippen LogP contribution in [0, 0.1) is 0 Å². The molecular weight excluding hydrogens is 252 g/mol. The van der Waals surface area contributed by atoms with Crippen molar-refractivity contribution < 1.29 is 9.90 Å². The van der Waals surface area contributed by atoms with E-state index in [2.05, 4.69) is 22.8 Å². The maximum absolute atomic E-state index is 11.9. The highest BCUT2D eigenvalue weighted by Gasteiger charge is 2.16. The van der Waals surface area contributed by atoms with E-state index in [1.54, 1.807) is 6.92 Å². The quantitative estimate of drug-likeness (QED) is 0.802. The Labute approximate surface area is 117 Å². The van der Waals surface area contributed by atoms with Crippen molar-refractivity contribution in [3.05, 3.63) is 41.5 Å². The van der Waals surface area contributed by atoms with Crippen LogP contribution in [0.25, 0.3) is 10.8 Å². The molecule has 0 heterocycles. The van der Waals surface area contributed by atoms with Gasteiger partial charge in [0, 0.05) is 5.39 Å². The summed E-state index contributed by atoms with van der Waals surface area (Å²) in [5, 5.41) is 16.9. The van der Waals surface area contributed by atoms with E-state index < -0.39 is 0 Å². The van der Waals surface area contributed by atoms with Gasteiger partial charge in [0.05, 0.1) is 18.3 Å². The van der Waals surface area contributed by atoms with Crippen molar-refractivity contribution in [2.24, 2.45) is 0 Å². The number of hydrogen-bond donors (Lipinski definition) is 3. The monoisotopic (exact) mass is 270 g/mol. The number of aliphatic hydroxyl groups is 1. The maximum Gasteiger partial charge on any atom is 0.319 e. The second kappa shape index (κ2) is 5.13. The van der Waals surface area contributed by atoms with E-state index in [1.807, 2.05) is 18.2 Å². The number of aliphatic hydroxyl groups excluding tert-OH is 1. The lowest BCUT2D eigenvalue weighted by molar-refractivity contribution is 0.229. The zero-order chi connectivity index (χ0) is 14.1. The number of rotatable bonds is 3. The summed E-state index contributed by atoms with van der Waals surface area (Å²) in [5.74, 6) is 0. The number of carbonyl (C=O) groups is 1. The molecule has 3 N–H and O–H groups in total. The molecule has 1 atom stereocenters. The van der Waals surface area contributed by atoms with Crippen molar-refractivity contribution in [3.63, 3.8) is 0 Å². The first-order chi connectivity index (χ1) is 9.69. The van der Waals surface area contributed by atoms with Crippen molar-refractivity contribution in [1.29, 1.82) is 0 Å². The highest BCUT2D eigenvalue weighted by Crippen LogP contribution is 2.34. The highest BCUT2D eigenvalue weighted by molar-refractivity contribution is 6.04. The smallest absolute Gasteiger partial charge is 0.319 e. The average Bonchev–Trinajstić information content (AvgIpc) is 2.87. The molecule has 104 valence electrons. The lowest BCUT2D eigenvalue weighted by atomic mass is 10.0. The molecule has 4 nitrogen and oxygen atoms in total. The Morgan fingerprint density at radius 2 is 2.00 bits per heavy atom. The van der Waals surface area contributed by atoms with E-state index >= 15 is 0 Å². The molecule has 0 bridgehead atoms. The third-order valence-corrected chi connectivity index (χ3v) is 3.78. The summed E-state index contributed by atoms with van der Waals surface area (Å²) in [6.07, 6.45) is 2.15. The summed E-state index contributed by atoms with van der Waals surface area (Å²) in [6.45, 7) is 1.68. The SMILES string of the molecule is CC(CO)NC(=O)Nc1ccc2c3c(cccc13)CC2. The van der Waals surface area contributed by atoms with Gasteiger partial charge in [-0.2, -0.15) is 0 Å². The van der Waals surface area contributed by atoms with Gasteiger partial charge in [0.1, 0.15) is 0 Å². The van der Waals surface area contributed by atoms with E-state index in [-0.39, 0.29) is 18.7 Å². The second-order valence-electron chi connectivity index (χ2n) is 5.29. The average molecular weight is 270 g/mol. The number of urea groups is 1. The fraction of sp³-hybridized carbons (Fsp3) is 0.312. The Morgan fingerprint density at radius 1 is 1.25 bits per heavy atom. The molecule has 0 fully saturated rings. The van der Waals surface area contributed by atoms with Crippen LogP contribution in [0.15, 0.2) is 30.3 Å². The molecule has 3 rings (SSSR count). The molecule has 0 spiro atoms. The molecule has 2 amide bonds. The normalized spacial score (nSPS) is 14.3. The van der Waals surface area contributed by atoms with Crippen molar-refractivity contribution >= 4 is 22.5 Å². The van der Waals surface area contributed by atoms with Gasteiger partial charge in [-0.25, -0.2) is 4.79 Å². The molecule has 20 heavy (non-hydrogen) atoms. The highest BCUT2D eigenvalue weighted by atomic mass is 16.3. The summed E-state index contributed by atoms with van der Waals surface area (Å²) in [6, 6.07) is 9.72. The number of amides is 2. The van der Waals surface area contributed by atoms with E-state index in [1.165, 1.54) is 16.5 Å². The van der Waals surface area contributed by atoms with E-state index in [0.717, 1.165) is 23.9 Å². The molecular formula is C16H18N2O2. The molecule has 0 radical (unpaired) electrons. The van der Waals surface area contributed by atoms with Gasteiger partial charge < -0.3 is 15.7 Å². The standard InChI is InChI=1S/C16H18N2O2/c1-10(9-19)17-16(20)18-14-8-7-12-6-5-11-3-2-4-13(14)15(11)12/h2-4,7-8,10,19H,5-6,9H2,1H3,(H2,17,18,20). The summed E-state index contributed by atoms with van der Waals surface area (Å²) >= 11 is 0. The van der Waals surface area contributed by atoms with Crippen LogP contribution in [0.1, 0.15) is 18.1 Å². The predicted octanol–water partition coefficient (Wildman–Crippen LogP) is 2.44. The van der Waals surface area contributed by atoms with Gasteiger partial charge in [-0.15, -0.1) is 0 Å². The molecule has 0 saturated heterocycles. The molecule has 2 aromatic rings. The first-order valence-corrected chi connectivity index (χ1v) is 6.91. The Hall–Kier alpha value is -2.07. The van der Waals surface area contributed by atoms with Crippen LogP contribution in [-0.2, 0) is 12.8 Å². The molecule has 4 heteroatoms. The van der Waals surface area contributed by atoms with Crippen LogP contribution in [0.2, 0.25) is 0 Å². The first-order valence-electron chi connectivity index (χ1n) is 6.91. The lowest BCUT2D eigenvalue weighted by Crippen LogP contribution is -2.38. The number of anilines is 1. The third kappa shape index (κ3) is 2.23. The largest absolute Gasteiger partial charge is 0.394 e. The maximum atomic E-state index is 11.9. The molecule has 0 aromatic heterocycles. The van der Waals surface area contributed by atoms with Gasteiger partial charge in [0.2, 0.25) is 0 Å². The van der Waals surface area contributed by atoms with E-state index in [0.29, 0.717) is 0 Å². The minimum atomic E-state index is -0.287. The van der Waals surface area contributed by atoms with E-state index in [9.17, 15) is 4.79 Å². The second-order valence-corrected chi connectivity index (χ2v) is 5.29. The molecule has 1 unspecified atom stereocenters. The van der Waals surface area contributed by atoms with Crippen LogP contribution in [-0.4, -0.2) is 23.8 Å². The zero-order valence-electron chi connectivity index (χ0n) is 11.4. The van der Waals surface area contributed by atoms with Gasteiger partial charge in [-0.3, -0.25) is 0 Å². The predicted molar refractivity (Wildman–Crippen MR) is 80.1 cm³/mol. The van der Waals surface area contributed by atoms with Gasteiger partial charge in [-0.05, 0) is 42.3 Å². The number of nitrogens with one attached hydrogen (secondary N) is 2. The number of aryl methyl sites for hydroxylation is 2. The fourth-order valence-electron chi connectivity index (χ4n) is 2.78. The molecule has 2 aromatic carbocycles. The number of carbonyl (C=O) groups excluding carboxylic acids is 1. The van der Waals surface area contributed by atoms with Crippen molar-refractivity contribution in [1.82, 2.24) is 5.32 Å². The Balaban J connectivity index is 1.92. The van der Waals surface area contributed by atoms with E-state index in [4.69, 9.17) is 5.11 Å². The van der Waals surface area contributed by atoms with Gasteiger partial charge >= 0.3 is 6.03 Å². The summed E-state index contributed by atoms with van der Waals surface area (Å²) in [7, 11) is 0.